The van der Waals surface area contributed by atoms with Crippen LogP contribution in [0.25, 0.3) is 11.8 Å². The van der Waals surface area contributed by atoms with Crippen molar-refractivity contribution >= 4 is 48.7 Å². The van der Waals surface area contributed by atoms with Gasteiger partial charge in [0.2, 0.25) is 11.8 Å². The predicted molar refractivity (Wildman–Crippen MR) is 160 cm³/mol. The molecule has 0 aliphatic heterocycles. The summed E-state index contributed by atoms with van der Waals surface area (Å²) < 4.78 is 12.4. The topological polar surface area (TPSA) is 188 Å². The summed E-state index contributed by atoms with van der Waals surface area (Å²) in [4.78, 5) is 56.4. The van der Waals surface area contributed by atoms with E-state index in [9.17, 15) is 18.9 Å². The number of carbonyl (C=O) groups excluding carboxylic acids is 3. The minimum Gasteiger partial charge on any atom is -0.351 e. The van der Waals surface area contributed by atoms with Gasteiger partial charge in [0.05, 0.1) is 11.8 Å². The molecule has 0 bridgehead atoms. The van der Waals surface area contributed by atoms with Crippen LogP contribution in [0.3, 0.4) is 0 Å². The molecule has 1 unspecified atom stereocenters. The van der Waals surface area contributed by atoms with Crippen molar-refractivity contribution in [3.8, 4) is 5.69 Å². The molecule has 0 aliphatic rings. The minimum atomic E-state index is -4.23. The predicted octanol–water partition coefficient (Wildman–Crippen LogP) is 2.60. The third-order valence-corrected chi connectivity index (χ3v) is 7.06. The Bertz CT molecular complexity index is 1640. The molecule has 3 aromatic carbocycles. The molecule has 5 N–H and O–H groups in total. The van der Waals surface area contributed by atoms with Gasteiger partial charge in [-0.1, -0.05) is 41.9 Å². The number of halogens is 1. The van der Waals surface area contributed by atoms with E-state index >= 15 is 0 Å². The first-order chi connectivity index (χ1) is 20.6. The number of benzene rings is 3. The molecule has 0 spiro atoms. The Morgan fingerprint density at radius 1 is 1.02 bits per heavy atom. The fourth-order valence-corrected chi connectivity index (χ4v) is 4.52. The van der Waals surface area contributed by atoms with Crippen molar-refractivity contribution in [1.82, 2.24) is 30.8 Å². The van der Waals surface area contributed by atoms with E-state index in [0.29, 0.717) is 22.0 Å². The average molecular weight is 624 g/mol. The fraction of sp³-hybridized carbons (Fsp3) is 0.143. The lowest BCUT2D eigenvalue weighted by atomic mass is 10.0. The third kappa shape index (κ3) is 9.69. The number of aromatic nitrogens is 4. The van der Waals surface area contributed by atoms with Crippen molar-refractivity contribution in [2.24, 2.45) is 0 Å². The van der Waals surface area contributed by atoms with E-state index in [0.717, 1.165) is 5.56 Å². The quantitative estimate of drug-likeness (QED) is 0.117. The number of nitrogens with one attached hydrogen (secondary N) is 3. The summed E-state index contributed by atoms with van der Waals surface area (Å²) in [6.07, 6.45) is 3.96. The van der Waals surface area contributed by atoms with Gasteiger partial charge in [-0.25, -0.2) is 0 Å². The molecule has 1 heterocycles. The van der Waals surface area contributed by atoms with E-state index in [1.54, 1.807) is 24.3 Å². The van der Waals surface area contributed by atoms with Crippen LogP contribution in [0, 0.1) is 0 Å². The third-order valence-electron chi connectivity index (χ3n) is 6.02. The van der Waals surface area contributed by atoms with Gasteiger partial charge >= 0.3 is 7.60 Å². The smallest absolute Gasteiger partial charge is 0.327 e. The lowest BCUT2D eigenvalue weighted by Crippen LogP contribution is -2.44. The van der Waals surface area contributed by atoms with Gasteiger partial charge in [0, 0.05) is 40.9 Å². The Balaban J connectivity index is 1.44. The van der Waals surface area contributed by atoms with Crippen molar-refractivity contribution < 1.29 is 28.7 Å². The van der Waals surface area contributed by atoms with E-state index in [1.165, 1.54) is 41.4 Å². The van der Waals surface area contributed by atoms with E-state index in [4.69, 9.17) is 21.4 Å². The van der Waals surface area contributed by atoms with Crippen LogP contribution in [-0.2, 0) is 20.6 Å². The number of hydrogen-bond acceptors (Lipinski definition) is 7. The molecule has 3 amide bonds. The van der Waals surface area contributed by atoms with Gasteiger partial charge < -0.3 is 25.7 Å². The molecule has 4 aromatic rings. The van der Waals surface area contributed by atoms with Gasteiger partial charge in [0.15, 0.2) is 0 Å². The van der Waals surface area contributed by atoms with Crippen LogP contribution in [0.1, 0.15) is 21.5 Å². The summed E-state index contributed by atoms with van der Waals surface area (Å²) in [6, 6.07) is 19.2. The monoisotopic (exact) mass is 623 g/mol. The summed E-state index contributed by atoms with van der Waals surface area (Å²) in [7, 11) is -4.23. The molecule has 43 heavy (non-hydrogen) atoms. The zero-order valence-corrected chi connectivity index (χ0v) is 24.2. The molecule has 0 saturated heterocycles. The number of hydrogen-bond donors (Lipinski definition) is 5. The zero-order chi connectivity index (χ0) is 30.8. The van der Waals surface area contributed by atoms with Crippen LogP contribution in [0.5, 0.6) is 0 Å². The van der Waals surface area contributed by atoms with E-state index in [1.807, 2.05) is 30.3 Å². The highest BCUT2D eigenvalue weighted by Crippen LogP contribution is 2.32. The van der Waals surface area contributed by atoms with Gasteiger partial charge in [-0.3, -0.25) is 18.9 Å². The number of rotatable bonds is 12. The van der Waals surface area contributed by atoms with Gasteiger partial charge in [-0.05, 0) is 64.5 Å². The Morgan fingerprint density at radius 2 is 1.77 bits per heavy atom. The lowest BCUT2D eigenvalue weighted by molar-refractivity contribution is -0.123. The van der Waals surface area contributed by atoms with E-state index in [-0.39, 0.29) is 18.5 Å². The first-order valence-electron chi connectivity index (χ1n) is 12.9. The molecular weight excluding hydrogens is 597 g/mol. The average Bonchev–Trinajstić information content (AvgIpc) is 3.51. The fourth-order valence-electron chi connectivity index (χ4n) is 3.93. The second kappa shape index (κ2) is 14.5. The summed E-state index contributed by atoms with van der Waals surface area (Å²) in [6.45, 7) is -0.187. The Kier molecular flexibility index (Phi) is 10.5. The first-order valence-corrected chi connectivity index (χ1v) is 15.0. The second-order valence-electron chi connectivity index (χ2n) is 9.25. The maximum absolute atomic E-state index is 13.3. The zero-order valence-electron chi connectivity index (χ0n) is 22.5. The Morgan fingerprint density at radius 3 is 2.44 bits per heavy atom. The second-order valence-corrected chi connectivity index (χ2v) is 11.5. The SMILES string of the molecule is O=C(C=Cc1cc(Cl)ccc1-n1cnnn1)NC(Cc1ccccc1)C(=O)Nc1ccc(C(=O)NCCP(=O)(O)O)cc1. The molecule has 0 aliphatic carbocycles. The van der Waals surface area contributed by atoms with Gasteiger partial charge in [0.1, 0.15) is 12.4 Å². The molecule has 15 heteroatoms. The molecule has 0 saturated carbocycles. The number of tetrazole rings is 1. The maximum Gasteiger partial charge on any atom is 0.327 e. The van der Waals surface area contributed by atoms with Crippen LogP contribution in [0.15, 0.2) is 85.2 Å². The Hall–Kier alpha value is -4.68. The summed E-state index contributed by atoms with van der Waals surface area (Å²) >= 11 is 6.15. The van der Waals surface area contributed by atoms with E-state index in [2.05, 4.69) is 31.5 Å². The number of anilines is 1. The number of carbonyl (C=O) groups is 3. The minimum absolute atomic E-state index is 0.187. The van der Waals surface area contributed by atoms with Gasteiger partial charge in [-0.2, -0.15) is 4.68 Å². The normalized spacial score (nSPS) is 12.1. The highest BCUT2D eigenvalue weighted by atomic mass is 35.5. The molecular formula is C28H27ClN7O6P. The maximum atomic E-state index is 13.3. The van der Waals surface area contributed by atoms with Crippen LogP contribution in [-0.4, -0.2) is 66.5 Å². The largest absolute Gasteiger partial charge is 0.351 e. The molecule has 13 nitrogen and oxygen atoms in total. The standard InChI is InChI=1S/C28H27ClN7O6P/c29-22-9-12-25(36-18-31-34-35-36)21(17-22)8-13-26(37)33-24(16-19-4-2-1-3-5-19)28(39)32-23-10-6-20(7-11-23)27(38)30-14-15-43(40,41)42/h1-13,17-18,24H,14-16H2,(H,30,38)(H,32,39)(H,33,37)(H2,40,41,42). The molecule has 4 rings (SSSR count). The highest BCUT2D eigenvalue weighted by molar-refractivity contribution is 7.51. The lowest BCUT2D eigenvalue weighted by Gasteiger charge is -2.18. The van der Waals surface area contributed by atoms with Crippen molar-refractivity contribution in [1.29, 1.82) is 0 Å². The van der Waals surface area contributed by atoms with Crippen LogP contribution >= 0.6 is 19.2 Å². The Labute approximate surface area is 251 Å². The summed E-state index contributed by atoms with van der Waals surface area (Å²) in [5.74, 6) is -1.53. The molecule has 1 atom stereocenters. The van der Waals surface area contributed by atoms with Crippen molar-refractivity contribution in [2.45, 2.75) is 12.5 Å². The van der Waals surface area contributed by atoms with Gasteiger partial charge in [0.25, 0.3) is 5.91 Å². The number of nitrogens with zero attached hydrogens (tertiary/aromatic N) is 4. The summed E-state index contributed by atoms with van der Waals surface area (Å²) in [5.41, 5.74) is 2.61. The first kappa shape index (κ1) is 31.3. The molecule has 1 aromatic heterocycles. The van der Waals surface area contributed by atoms with Gasteiger partial charge in [-0.15, -0.1) is 5.10 Å². The number of amides is 3. The van der Waals surface area contributed by atoms with Crippen LogP contribution < -0.4 is 16.0 Å². The van der Waals surface area contributed by atoms with E-state index < -0.39 is 37.5 Å². The molecule has 0 radical (unpaired) electrons. The van der Waals surface area contributed by atoms with Crippen molar-refractivity contribution in [3.05, 3.63) is 107 Å². The highest BCUT2D eigenvalue weighted by Gasteiger charge is 2.21. The summed E-state index contributed by atoms with van der Waals surface area (Å²) in [5, 5.41) is 19.5. The van der Waals surface area contributed by atoms with Crippen LogP contribution in [0.4, 0.5) is 5.69 Å². The van der Waals surface area contributed by atoms with Crippen molar-refractivity contribution in [2.75, 3.05) is 18.0 Å². The van der Waals surface area contributed by atoms with Crippen molar-refractivity contribution in [3.63, 3.8) is 0 Å². The van der Waals surface area contributed by atoms with Crippen LogP contribution in [0.2, 0.25) is 5.02 Å². The molecule has 0 fully saturated rings. The molecule has 222 valence electrons.